The van der Waals surface area contributed by atoms with E-state index >= 15 is 0 Å². The van der Waals surface area contributed by atoms with Crippen LogP contribution in [0.4, 0.5) is 5.95 Å². The Kier molecular flexibility index (Phi) is 15.9. The first kappa shape index (κ1) is 29.2. The molecule has 0 aromatic carbocycles. The number of carboxylic acid groups (broad SMARTS) is 3. The lowest BCUT2D eigenvalue weighted by Gasteiger charge is -2.22. The van der Waals surface area contributed by atoms with Gasteiger partial charge in [-0.25, -0.2) is 19.7 Å². The molecule has 1 aromatic heterocycles. The van der Waals surface area contributed by atoms with Crippen molar-refractivity contribution in [2.75, 3.05) is 25.0 Å². The SMILES string of the molecule is O=C(O)CCCCCNCCC(CCC(Nc1ncncn1)C(=O)O)NCCCCCC(=O)O. The second-order valence-electron chi connectivity index (χ2n) is 8.17. The average molecular weight is 483 g/mol. The Morgan fingerprint density at radius 3 is 1.97 bits per heavy atom. The first-order valence-electron chi connectivity index (χ1n) is 11.9. The van der Waals surface area contributed by atoms with Crippen molar-refractivity contribution in [3.63, 3.8) is 0 Å². The highest BCUT2D eigenvalue weighted by Gasteiger charge is 2.20. The summed E-state index contributed by atoms with van der Waals surface area (Å²) in [5, 5.41) is 36.6. The van der Waals surface area contributed by atoms with E-state index in [-0.39, 0.29) is 24.8 Å². The summed E-state index contributed by atoms with van der Waals surface area (Å²) < 4.78 is 0. The first-order valence-corrected chi connectivity index (χ1v) is 11.9. The second-order valence-corrected chi connectivity index (χ2v) is 8.17. The summed E-state index contributed by atoms with van der Waals surface area (Å²) in [7, 11) is 0. The van der Waals surface area contributed by atoms with Gasteiger partial charge in [-0.2, -0.15) is 0 Å². The number of aromatic nitrogens is 3. The van der Waals surface area contributed by atoms with Crippen LogP contribution in [0.15, 0.2) is 12.7 Å². The van der Waals surface area contributed by atoms with Crippen molar-refractivity contribution < 1.29 is 29.7 Å². The molecule has 12 nitrogen and oxygen atoms in total. The second kappa shape index (κ2) is 18.6. The molecule has 2 unspecified atom stereocenters. The molecular weight excluding hydrogens is 444 g/mol. The largest absolute Gasteiger partial charge is 0.481 e. The van der Waals surface area contributed by atoms with Crippen molar-refractivity contribution in [2.24, 2.45) is 0 Å². The van der Waals surface area contributed by atoms with E-state index in [0.29, 0.717) is 25.7 Å². The maximum Gasteiger partial charge on any atom is 0.326 e. The fourth-order valence-corrected chi connectivity index (χ4v) is 3.43. The molecule has 0 fully saturated rings. The Hall–Kier alpha value is -2.86. The number of hydrogen-bond donors (Lipinski definition) is 6. The number of carboxylic acids is 3. The van der Waals surface area contributed by atoms with E-state index in [4.69, 9.17) is 10.2 Å². The monoisotopic (exact) mass is 482 g/mol. The number of hydrogen-bond acceptors (Lipinski definition) is 9. The Morgan fingerprint density at radius 2 is 1.38 bits per heavy atom. The zero-order valence-electron chi connectivity index (χ0n) is 19.6. The van der Waals surface area contributed by atoms with Crippen LogP contribution >= 0.6 is 0 Å². The van der Waals surface area contributed by atoms with Gasteiger partial charge in [0.05, 0.1) is 0 Å². The molecule has 2 atom stereocenters. The van der Waals surface area contributed by atoms with Gasteiger partial charge in [0, 0.05) is 18.9 Å². The predicted molar refractivity (Wildman–Crippen MR) is 126 cm³/mol. The van der Waals surface area contributed by atoms with Gasteiger partial charge in [-0.15, -0.1) is 0 Å². The molecule has 1 rings (SSSR count). The minimum atomic E-state index is -0.979. The molecule has 0 aliphatic carbocycles. The van der Waals surface area contributed by atoms with Gasteiger partial charge in [0.15, 0.2) is 0 Å². The third-order valence-corrected chi connectivity index (χ3v) is 5.31. The number of aliphatic carboxylic acids is 3. The molecule has 1 heterocycles. The first-order chi connectivity index (χ1) is 16.4. The van der Waals surface area contributed by atoms with Crippen molar-refractivity contribution in [1.82, 2.24) is 25.6 Å². The van der Waals surface area contributed by atoms with Crippen molar-refractivity contribution in [3.8, 4) is 0 Å². The number of nitrogens with zero attached hydrogens (tertiary/aromatic N) is 3. The molecule has 0 saturated carbocycles. The Balaban J connectivity index is 2.42. The number of carbonyl (C=O) groups is 3. The van der Waals surface area contributed by atoms with E-state index in [2.05, 4.69) is 30.9 Å². The topological polar surface area (TPSA) is 187 Å². The van der Waals surface area contributed by atoms with Crippen LogP contribution in [0.1, 0.15) is 70.6 Å². The van der Waals surface area contributed by atoms with Crippen molar-refractivity contribution in [2.45, 2.75) is 82.7 Å². The normalized spacial score (nSPS) is 12.7. The molecule has 192 valence electrons. The van der Waals surface area contributed by atoms with Crippen LogP contribution < -0.4 is 16.0 Å². The molecule has 34 heavy (non-hydrogen) atoms. The van der Waals surface area contributed by atoms with Crippen LogP contribution in [0.5, 0.6) is 0 Å². The summed E-state index contributed by atoms with van der Waals surface area (Å²) in [6.45, 7) is 2.30. The van der Waals surface area contributed by atoms with Crippen molar-refractivity contribution >= 4 is 23.9 Å². The lowest BCUT2D eigenvalue weighted by Crippen LogP contribution is -2.37. The predicted octanol–water partition coefficient (Wildman–Crippen LogP) is 1.74. The van der Waals surface area contributed by atoms with Crippen LogP contribution in [-0.4, -0.2) is 79.9 Å². The molecule has 0 spiro atoms. The lowest BCUT2D eigenvalue weighted by molar-refractivity contribution is -0.138. The summed E-state index contributed by atoms with van der Waals surface area (Å²) in [6.07, 6.45) is 9.55. The highest BCUT2D eigenvalue weighted by atomic mass is 16.4. The molecule has 0 aliphatic rings. The Morgan fingerprint density at radius 1 is 0.765 bits per heavy atom. The van der Waals surface area contributed by atoms with E-state index in [1.165, 1.54) is 12.7 Å². The zero-order valence-corrected chi connectivity index (χ0v) is 19.6. The highest BCUT2D eigenvalue weighted by molar-refractivity contribution is 5.76. The highest BCUT2D eigenvalue weighted by Crippen LogP contribution is 2.10. The van der Waals surface area contributed by atoms with Crippen LogP contribution in [0.25, 0.3) is 0 Å². The number of unbranched alkanes of at least 4 members (excludes halogenated alkanes) is 4. The maximum atomic E-state index is 11.7. The van der Waals surface area contributed by atoms with Gasteiger partial charge >= 0.3 is 17.9 Å². The molecule has 1 aromatic rings. The maximum absolute atomic E-state index is 11.7. The quantitative estimate of drug-likeness (QED) is 0.132. The van der Waals surface area contributed by atoms with Gasteiger partial charge in [-0.1, -0.05) is 12.8 Å². The van der Waals surface area contributed by atoms with E-state index in [1.54, 1.807) is 0 Å². The smallest absolute Gasteiger partial charge is 0.326 e. The van der Waals surface area contributed by atoms with Crippen molar-refractivity contribution in [3.05, 3.63) is 12.7 Å². The molecule has 12 heteroatoms. The number of rotatable bonds is 22. The van der Waals surface area contributed by atoms with E-state index in [9.17, 15) is 19.5 Å². The molecule has 0 saturated heterocycles. The van der Waals surface area contributed by atoms with Gasteiger partial charge in [-0.05, 0) is 64.6 Å². The summed E-state index contributed by atoms with van der Waals surface area (Å²) >= 11 is 0. The molecule has 0 amide bonds. The van der Waals surface area contributed by atoms with Crippen LogP contribution in [0.2, 0.25) is 0 Å². The Bertz CT molecular complexity index is 708. The zero-order chi connectivity index (χ0) is 25.0. The average Bonchev–Trinajstić information content (AvgIpc) is 2.79. The van der Waals surface area contributed by atoms with Gasteiger partial charge in [-0.3, -0.25) is 9.59 Å². The number of nitrogens with one attached hydrogen (secondary N) is 3. The Labute approximate surface area is 200 Å². The van der Waals surface area contributed by atoms with Crippen molar-refractivity contribution in [1.29, 1.82) is 0 Å². The molecule has 0 aliphatic heterocycles. The molecule has 6 N–H and O–H groups in total. The summed E-state index contributed by atoms with van der Waals surface area (Å²) in [4.78, 5) is 44.4. The van der Waals surface area contributed by atoms with Gasteiger partial charge < -0.3 is 31.3 Å². The minimum absolute atomic E-state index is 0.0981. The van der Waals surface area contributed by atoms with Crippen LogP contribution in [-0.2, 0) is 14.4 Å². The number of anilines is 1. The van der Waals surface area contributed by atoms with Crippen LogP contribution in [0, 0.1) is 0 Å². The molecule has 0 radical (unpaired) electrons. The molecular formula is C22H38N6O6. The van der Waals surface area contributed by atoms with Gasteiger partial charge in [0.1, 0.15) is 18.7 Å². The van der Waals surface area contributed by atoms with E-state index < -0.39 is 23.9 Å². The lowest BCUT2D eigenvalue weighted by atomic mass is 10.0. The standard InChI is InChI=1S/C22H38N6O6/c29-19(30)7-3-1-5-12-23-14-11-17(25-13-6-2-4-8-20(31)32)9-10-18(21(33)34)28-22-26-15-24-16-27-22/h15-18,23,25H,1-14H2,(H,29,30)(H,31,32)(H,33,34)(H,24,26,27,28). The third kappa shape index (κ3) is 15.9. The fourth-order valence-electron chi connectivity index (χ4n) is 3.43. The van der Waals surface area contributed by atoms with Gasteiger partial charge in [0.2, 0.25) is 5.95 Å². The summed E-state index contributed by atoms with van der Waals surface area (Å²) in [6, 6.07) is -0.731. The fraction of sp³-hybridized carbons (Fsp3) is 0.727. The molecule has 0 bridgehead atoms. The summed E-state index contributed by atoms with van der Waals surface area (Å²) in [5.41, 5.74) is 0. The summed E-state index contributed by atoms with van der Waals surface area (Å²) in [5.74, 6) is -2.32. The van der Waals surface area contributed by atoms with Crippen LogP contribution in [0.3, 0.4) is 0 Å². The van der Waals surface area contributed by atoms with E-state index in [1.807, 2.05) is 0 Å². The van der Waals surface area contributed by atoms with Gasteiger partial charge in [0.25, 0.3) is 0 Å². The van der Waals surface area contributed by atoms with E-state index in [0.717, 1.165) is 51.7 Å². The minimum Gasteiger partial charge on any atom is -0.481 e. The third-order valence-electron chi connectivity index (χ3n) is 5.31.